The Hall–Kier alpha value is -6.19. The van der Waals surface area contributed by atoms with Gasteiger partial charge in [0.05, 0.1) is 36.5 Å². The maximum absolute atomic E-state index is 13.4. The molecular formula is C46H54ClN11O8S. The number of nitrogens with zero attached hydrogens (tertiary/aromatic N) is 6. The fourth-order valence-corrected chi connectivity index (χ4v) is 9.96. The average molecular weight is 957 g/mol. The van der Waals surface area contributed by atoms with Crippen LogP contribution in [-0.2, 0) is 37.0 Å². The molecule has 0 radical (unpaired) electrons. The summed E-state index contributed by atoms with van der Waals surface area (Å²) >= 11 is 7.69. The molecule has 5 N–H and O–H groups in total. The molecule has 1 unspecified atom stereocenters. The molecule has 2 aromatic heterocycles. The van der Waals surface area contributed by atoms with Crippen molar-refractivity contribution in [3.63, 3.8) is 0 Å². The van der Waals surface area contributed by atoms with Gasteiger partial charge in [-0.05, 0) is 68.1 Å². The van der Waals surface area contributed by atoms with Crippen LogP contribution in [0.3, 0.4) is 0 Å². The Morgan fingerprint density at radius 2 is 1.84 bits per heavy atom. The third kappa shape index (κ3) is 10.8. The lowest BCUT2D eigenvalue weighted by atomic mass is 10.0. The van der Waals surface area contributed by atoms with E-state index in [4.69, 9.17) is 26.1 Å². The number of hydrogen-bond donors (Lipinski definition) is 5. The van der Waals surface area contributed by atoms with Gasteiger partial charge in [0.1, 0.15) is 30.1 Å². The molecule has 19 nitrogen and oxygen atoms in total. The number of thiophene rings is 1. The number of amides is 6. The molecule has 2 aromatic carbocycles. The smallest absolute Gasteiger partial charge is 0.255 e. The number of likely N-dealkylation sites (tertiary alicyclic amines) is 1. The van der Waals surface area contributed by atoms with Crippen LogP contribution in [0.25, 0.3) is 0 Å². The largest absolute Gasteiger partial charge is 0.495 e. The Kier molecular flexibility index (Phi) is 15.0. The summed E-state index contributed by atoms with van der Waals surface area (Å²) < 4.78 is 12.0. The van der Waals surface area contributed by atoms with Crippen molar-refractivity contribution in [2.24, 2.45) is 0 Å². The van der Waals surface area contributed by atoms with E-state index >= 15 is 0 Å². The Bertz CT molecular complexity index is 2530. The summed E-state index contributed by atoms with van der Waals surface area (Å²) in [5.74, 6) is -0.340. The minimum Gasteiger partial charge on any atom is -0.495 e. The van der Waals surface area contributed by atoms with Gasteiger partial charge in [0, 0.05) is 86.0 Å². The summed E-state index contributed by atoms with van der Waals surface area (Å²) in [5, 5.41) is 14.9. The van der Waals surface area contributed by atoms with E-state index in [-0.39, 0.29) is 61.6 Å². The summed E-state index contributed by atoms with van der Waals surface area (Å²) in [7, 11) is 3.27. The van der Waals surface area contributed by atoms with Crippen molar-refractivity contribution < 1.29 is 38.2 Å². The number of piperidine rings is 2. The molecular weight excluding hydrogens is 902 g/mol. The first-order valence-corrected chi connectivity index (χ1v) is 23.6. The van der Waals surface area contributed by atoms with Gasteiger partial charge < -0.3 is 50.3 Å². The number of fused-ring (bicyclic) bond motifs is 2. The number of carbonyl (C=O) groups excluding carboxylic acids is 6. The molecule has 4 aliphatic heterocycles. The Labute approximate surface area is 396 Å². The fourth-order valence-electron chi connectivity index (χ4n) is 8.87. The highest BCUT2D eigenvalue weighted by molar-refractivity contribution is 7.16. The van der Waals surface area contributed by atoms with E-state index in [1.165, 1.54) is 23.3 Å². The van der Waals surface area contributed by atoms with Gasteiger partial charge in [-0.1, -0.05) is 24.6 Å². The first-order valence-electron chi connectivity index (χ1n) is 22.4. The summed E-state index contributed by atoms with van der Waals surface area (Å²) in [4.78, 5) is 94.3. The molecule has 0 spiro atoms. The molecule has 2 atom stereocenters. The lowest BCUT2D eigenvalue weighted by molar-refractivity contribution is -0.137. The van der Waals surface area contributed by atoms with Crippen LogP contribution >= 0.6 is 22.9 Å². The SMILES string of the molecule is CC[C@@H]1C(=O)N(C)c2cnc(Nc3ccc(C(=O)NC4CCN(CCNCCOCC(=O)Nc5cccc6c5CN(C5CCC(=O)NC5=O)C6=O)CC4)cc3OC)nc2N1Cc1ccc(Cl)s1. The molecule has 4 aliphatic rings. The zero-order valence-corrected chi connectivity index (χ0v) is 39.1. The van der Waals surface area contributed by atoms with Crippen LogP contribution in [0.5, 0.6) is 5.75 Å². The minimum atomic E-state index is -0.738. The molecule has 6 heterocycles. The number of halogens is 1. The number of aromatic nitrogens is 2. The van der Waals surface area contributed by atoms with E-state index in [1.54, 1.807) is 54.5 Å². The number of hydrogen-bond acceptors (Lipinski definition) is 15. The summed E-state index contributed by atoms with van der Waals surface area (Å²) in [5.41, 5.74) is 3.18. The highest BCUT2D eigenvalue weighted by Gasteiger charge is 2.40. The van der Waals surface area contributed by atoms with Gasteiger partial charge in [-0.15, -0.1) is 11.3 Å². The number of ether oxygens (including phenoxy) is 2. The molecule has 8 rings (SSSR count). The third-order valence-electron chi connectivity index (χ3n) is 12.5. The van der Waals surface area contributed by atoms with E-state index in [2.05, 4.69) is 36.5 Å². The van der Waals surface area contributed by atoms with Crippen LogP contribution < -0.4 is 41.1 Å². The molecule has 67 heavy (non-hydrogen) atoms. The van der Waals surface area contributed by atoms with E-state index < -0.39 is 18.0 Å². The first-order chi connectivity index (χ1) is 32.4. The maximum atomic E-state index is 13.4. The topological polar surface area (TPSA) is 220 Å². The van der Waals surface area contributed by atoms with Crippen LogP contribution in [0, 0.1) is 0 Å². The van der Waals surface area contributed by atoms with Crippen LogP contribution in [0.15, 0.2) is 54.7 Å². The predicted molar refractivity (Wildman–Crippen MR) is 253 cm³/mol. The number of benzene rings is 2. The van der Waals surface area contributed by atoms with E-state index in [1.807, 2.05) is 24.0 Å². The molecule has 2 fully saturated rings. The van der Waals surface area contributed by atoms with Crippen molar-refractivity contribution in [3.8, 4) is 5.75 Å². The molecule has 0 aliphatic carbocycles. The highest BCUT2D eigenvalue weighted by atomic mass is 35.5. The Morgan fingerprint density at radius 3 is 2.58 bits per heavy atom. The second kappa shape index (κ2) is 21.2. The highest BCUT2D eigenvalue weighted by Crippen LogP contribution is 2.38. The lowest BCUT2D eigenvalue weighted by Gasteiger charge is -2.40. The van der Waals surface area contributed by atoms with E-state index in [9.17, 15) is 28.8 Å². The van der Waals surface area contributed by atoms with Gasteiger partial charge in [-0.2, -0.15) is 4.98 Å². The van der Waals surface area contributed by atoms with E-state index in [0.29, 0.717) is 81.7 Å². The normalized spacial score (nSPS) is 18.7. The van der Waals surface area contributed by atoms with Gasteiger partial charge in [0.2, 0.25) is 29.6 Å². The molecule has 21 heteroatoms. The number of methoxy groups -OCH3 is 1. The van der Waals surface area contributed by atoms with Crippen molar-refractivity contribution in [2.45, 2.75) is 70.2 Å². The number of rotatable bonds is 18. The number of carbonyl (C=O) groups is 6. The monoisotopic (exact) mass is 955 g/mol. The van der Waals surface area contributed by atoms with Gasteiger partial charge in [-0.25, -0.2) is 4.98 Å². The quantitative estimate of drug-likeness (QED) is 0.0706. The molecule has 0 saturated carbocycles. The number of anilines is 5. The van der Waals surface area contributed by atoms with Crippen LogP contribution in [0.1, 0.15) is 70.2 Å². The zero-order valence-electron chi connectivity index (χ0n) is 37.6. The van der Waals surface area contributed by atoms with Crippen molar-refractivity contribution in [1.82, 2.24) is 35.7 Å². The standard InChI is InChI=1S/C46H54ClN11O8S/c1-4-34-45(64)55(2)36-23-49-46(54-41(36)57(34)24-29-9-12-38(47)67-29)52-33-10-8-27(22-37(33)65-3)42(61)50-28-14-18-56(19-15-28)20-16-48-17-21-66-26-40(60)51-32-7-5-6-30-31(32)25-58(44(30)63)35-11-13-39(59)53-43(35)62/h5-10,12,22-23,28,34-35,48H,4,11,13-21,24-26H2,1-3H3,(H,50,61)(H,51,60)(H,49,52,54)(H,53,59,62)/t34-,35?/m1/s1. The molecule has 2 saturated heterocycles. The van der Waals surface area contributed by atoms with Crippen LogP contribution in [-0.4, -0.2) is 133 Å². The lowest BCUT2D eigenvalue weighted by Crippen LogP contribution is -2.52. The van der Waals surface area contributed by atoms with Crippen LogP contribution in [0.2, 0.25) is 4.34 Å². The van der Waals surface area contributed by atoms with Gasteiger partial charge in [0.15, 0.2) is 5.82 Å². The minimum absolute atomic E-state index is 0.0239. The van der Waals surface area contributed by atoms with Crippen molar-refractivity contribution in [3.05, 3.63) is 80.6 Å². The van der Waals surface area contributed by atoms with Gasteiger partial charge in [-0.3, -0.25) is 34.1 Å². The Balaban J connectivity index is 0.741. The van der Waals surface area contributed by atoms with Crippen molar-refractivity contribution in [1.29, 1.82) is 0 Å². The molecule has 4 aromatic rings. The molecule has 6 amide bonds. The first kappa shape index (κ1) is 47.3. The second-order valence-corrected chi connectivity index (χ2v) is 18.6. The van der Waals surface area contributed by atoms with Gasteiger partial charge >= 0.3 is 0 Å². The molecule has 354 valence electrons. The average Bonchev–Trinajstić information content (AvgIpc) is 3.90. The summed E-state index contributed by atoms with van der Waals surface area (Å²) in [6, 6.07) is 12.9. The summed E-state index contributed by atoms with van der Waals surface area (Å²) in [6.45, 7) is 6.53. The maximum Gasteiger partial charge on any atom is 0.255 e. The number of imide groups is 1. The Morgan fingerprint density at radius 1 is 1.01 bits per heavy atom. The van der Waals surface area contributed by atoms with Crippen molar-refractivity contribution >= 4 is 87.2 Å². The number of nitrogens with one attached hydrogen (secondary N) is 5. The van der Waals surface area contributed by atoms with Gasteiger partial charge in [0.25, 0.3) is 11.8 Å². The number of likely N-dealkylation sites (N-methyl/N-ethyl adjacent to an activating group) is 1. The summed E-state index contributed by atoms with van der Waals surface area (Å²) in [6.07, 6.45) is 4.26. The molecule has 0 bridgehead atoms. The van der Waals surface area contributed by atoms with Crippen molar-refractivity contribution in [2.75, 3.05) is 80.5 Å². The zero-order chi connectivity index (χ0) is 47.2. The predicted octanol–water partition coefficient (Wildman–Crippen LogP) is 3.91. The fraction of sp³-hybridized carbons (Fsp3) is 0.435. The second-order valence-electron chi connectivity index (χ2n) is 16.8. The third-order valence-corrected chi connectivity index (χ3v) is 13.7. The van der Waals surface area contributed by atoms with E-state index in [0.717, 1.165) is 43.9 Å². The van der Waals surface area contributed by atoms with Crippen LogP contribution in [0.4, 0.5) is 28.8 Å².